The van der Waals surface area contributed by atoms with E-state index in [9.17, 15) is 28.6 Å². The number of nitriles is 1. The normalized spacial score (nSPS) is 14.6. The van der Waals surface area contributed by atoms with Gasteiger partial charge in [0.15, 0.2) is 0 Å². The van der Waals surface area contributed by atoms with E-state index in [-0.39, 0.29) is 24.5 Å². The van der Waals surface area contributed by atoms with Crippen molar-refractivity contribution in [2.24, 2.45) is 0 Å². The lowest BCUT2D eigenvalue weighted by molar-refractivity contribution is -0.384. The standard InChI is InChI=1S/C31H22Br3ClN4O6S/c32-22-7-5-20(6-8-22)17-45-30-25(33)11-21-12-28(31(40)37-46(43,44)23-9-10-26(35)27(13-23)39(41)42)38(16-24(21)29(30)34)15-19-3-1-18(14-36)2-4-19/h1-11,13,28H,12,15-17H2,(H,37,40)/t28-/m0/s1. The Morgan fingerprint density at radius 2 is 1.74 bits per heavy atom. The molecule has 0 aliphatic carbocycles. The summed E-state index contributed by atoms with van der Waals surface area (Å²) in [5.74, 6) is -0.227. The van der Waals surface area contributed by atoms with Crippen molar-refractivity contribution in [3.05, 3.63) is 129 Å². The fourth-order valence-corrected chi connectivity index (χ4v) is 8.01. The van der Waals surface area contributed by atoms with Crippen LogP contribution < -0.4 is 9.46 Å². The predicted octanol–water partition coefficient (Wildman–Crippen LogP) is 7.42. The molecule has 236 valence electrons. The number of rotatable bonds is 9. The number of sulfonamides is 1. The molecule has 46 heavy (non-hydrogen) atoms. The van der Waals surface area contributed by atoms with E-state index in [4.69, 9.17) is 16.3 Å². The van der Waals surface area contributed by atoms with Gasteiger partial charge in [0.1, 0.15) is 17.4 Å². The second-order valence-electron chi connectivity index (χ2n) is 10.3. The highest BCUT2D eigenvalue weighted by molar-refractivity contribution is 9.11. The van der Waals surface area contributed by atoms with Crippen LogP contribution >= 0.6 is 59.4 Å². The molecule has 0 radical (unpaired) electrons. The Labute approximate surface area is 294 Å². The van der Waals surface area contributed by atoms with Crippen LogP contribution in [0.5, 0.6) is 5.75 Å². The first-order valence-electron chi connectivity index (χ1n) is 13.5. The van der Waals surface area contributed by atoms with E-state index in [1.165, 1.54) is 0 Å². The van der Waals surface area contributed by atoms with Gasteiger partial charge in [-0.3, -0.25) is 19.8 Å². The molecule has 1 heterocycles. The summed E-state index contributed by atoms with van der Waals surface area (Å²) in [6.45, 7) is 0.819. The monoisotopic (exact) mass is 850 g/mol. The number of nitro benzene ring substituents is 1. The SMILES string of the molecule is N#Cc1ccc(CN2Cc3c(cc(Br)c(OCc4ccc(Br)cc4)c3Br)C[C@H]2C(=O)NS(=O)(=O)c2ccc(Cl)c([N+](=O)[O-])c2)cc1. The summed E-state index contributed by atoms with van der Waals surface area (Å²) in [6.07, 6.45) is 0.151. The van der Waals surface area contributed by atoms with E-state index in [0.29, 0.717) is 26.9 Å². The fourth-order valence-electron chi connectivity index (χ4n) is 4.96. The number of nitrogens with zero attached hydrogens (tertiary/aromatic N) is 3. The van der Waals surface area contributed by atoms with Crippen LogP contribution in [0.1, 0.15) is 27.8 Å². The number of carbonyl (C=O) groups is 1. The average Bonchev–Trinajstić information content (AvgIpc) is 3.02. The van der Waals surface area contributed by atoms with E-state index in [0.717, 1.165) is 44.9 Å². The predicted molar refractivity (Wildman–Crippen MR) is 182 cm³/mol. The molecule has 0 fully saturated rings. The van der Waals surface area contributed by atoms with Gasteiger partial charge in [0.25, 0.3) is 21.6 Å². The Morgan fingerprint density at radius 3 is 2.39 bits per heavy atom. The highest BCUT2D eigenvalue weighted by Gasteiger charge is 2.36. The Morgan fingerprint density at radius 1 is 1.07 bits per heavy atom. The van der Waals surface area contributed by atoms with Gasteiger partial charge in [0.2, 0.25) is 0 Å². The molecular formula is C31H22Br3ClN4O6S. The average molecular weight is 854 g/mol. The van der Waals surface area contributed by atoms with Crippen LogP contribution in [0.3, 0.4) is 0 Å². The third kappa shape index (κ3) is 7.62. The van der Waals surface area contributed by atoms with Crippen molar-refractivity contribution in [3.8, 4) is 11.8 Å². The number of halogens is 4. The number of fused-ring (bicyclic) bond motifs is 1. The Balaban J connectivity index is 1.46. The molecule has 4 aromatic carbocycles. The zero-order valence-corrected chi connectivity index (χ0v) is 29.9. The summed E-state index contributed by atoms with van der Waals surface area (Å²) in [4.78, 5) is 25.6. The van der Waals surface area contributed by atoms with Gasteiger partial charge in [-0.25, -0.2) is 13.1 Å². The molecule has 0 aromatic heterocycles. The Kier molecular flexibility index (Phi) is 10.5. The molecule has 0 unspecified atom stereocenters. The molecule has 10 nitrogen and oxygen atoms in total. The van der Waals surface area contributed by atoms with Crippen molar-refractivity contribution in [2.75, 3.05) is 0 Å². The maximum absolute atomic E-state index is 13.7. The zero-order chi connectivity index (χ0) is 33.2. The van der Waals surface area contributed by atoms with Crippen molar-refractivity contribution in [1.82, 2.24) is 9.62 Å². The van der Waals surface area contributed by atoms with E-state index in [1.807, 2.05) is 35.2 Å². The van der Waals surface area contributed by atoms with Crippen molar-refractivity contribution in [1.29, 1.82) is 5.26 Å². The van der Waals surface area contributed by atoms with Gasteiger partial charge in [-0.2, -0.15) is 5.26 Å². The zero-order valence-electron chi connectivity index (χ0n) is 23.5. The third-order valence-electron chi connectivity index (χ3n) is 7.31. The summed E-state index contributed by atoms with van der Waals surface area (Å²) in [7, 11) is -4.49. The Hall–Kier alpha value is -3.32. The molecule has 1 atom stereocenters. The second-order valence-corrected chi connectivity index (χ2v) is 15.0. The highest BCUT2D eigenvalue weighted by Crippen LogP contribution is 2.42. The summed E-state index contributed by atoms with van der Waals surface area (Å²) in [5.41, 5.74) is 3.31. The van der Waals surface area contributed by atoms with Gasteiger partial charge in [-0.05, 0) is 103 Å². The molecule has 0 saturated carbocycles. The molecule has 1 amide bonds. The number of hydrogen-bond donors (Lipinski definition) is 1. The van der Waals surface area contributed by atoms with Crippen LogP contribution in [-0.2, 0) is 40.9 Å². The number of benzene rings is 4. The molecule has 0 bridgehead atoms. The molecule has 4 aromatic rings. The lowest BCUT2D eigenvalue weighted by Gasteiger charge is -2.37. The van der Waals surface area contributed by atoms with Crippen molar-refractivity contribution < 1.29 is 22.9 Å². The minimum atomic E-state index is -4.49. The molecule has 1 N–H and O–H groups in total. The van der Waals surface area contributed by atoms with Crippen LogP contribution in [0.25, 0.3) is 0 Å². The van der Waals surface area contributed by atoms with Crippen LogP contribution in [0.4, 0.5) is 5.69 Å². The molecule has 0 spiro atoms. The van der Waals surface area contributed by atoms with Crippen LogP contribution in [0.2, 0.25) is 5.02 Å². The number of nitro groups is 1. The first-order valence-corrected chi connectivity index (χ1v) is 17.7. The lowest BCUT2D eigenvalue weighted by atomic mass is 9.92. The molecule has 15 heteroatoms. The maximum atomic E-state index is 13.7. The number of hydrogen-bond acceptors (Lipinski definition) is 8. The summed E-state index contributed by atoms with van der Waals surface area (Å²) >= 11 is 16.6. The molecule has 1 aliphatic heterocycles. The van der Waals surface area contributed by atoms with E-state index in [2.05, 4.69) is 58.6 Å². The van der Waals surface area contributed by atoms with Gasteiger partial charge in [0.05, 0.1) is 36.4 Å². The third-order valence-corrected chi connectivity index (χ3v) is 10.9. The van der Waals surface area contributed by atoms with Crippen LogP contribution in [-0.4, -0.2) is 30.2 Å². The van der Waals surface area contributed by atoms with Gasteiger partial charge in [0, 0.05) is 23.6 Å². The first kappa shape index (κ1) is 34.0. The molecular weight excluding hydrogens is 832 g/mol. The topological polar surface area (TPSA) is 143 Å². The number of ether oxygens (including phenoxy) is 1. The number of nitrogens with one attached hydrogen (secondary N) is 1. The molecule has 1 aliphatic rings. The van der Waals surface area contributed by atoms with Gasteiger partial charge >= 0.3 is 0 Å². The summed E-state index contributed by atoms with van der Waals surface area (Å²) in [6, 6.07) is 20.6. The summed E-state index contributed by atoms with van der Waals surface area (Å²) < 4.78 is 37.1. The minimum Gasteiger partial charge on any atom is -0.487 e. The smallest absolute Gasteiger partial charge is 0.289 e. The van der Waals surface area contributed by atoms with Gasteiger partial charge in [-0.15, -0.1) is 0 Å². The molecule has 0 saturated heterocycles. The summed E-state index contributed by atoms with van der Waals surface area (Å²) in [5, 5.41) is 20.3. The van der Waals surface area contributed by atoms with E-state index >= 15 is 0 Å². The number of carbonyl (C=O) groups excluding carboxylic acids is 1. The minimum absolute atomic E-state index is 0.151. The first-order chi connectivity index (χ1) is 21.9. The van der Waals surface area contributed by atoms with Crippen molar-refractivity contribution in [2.45, 2.75) is 37.1 Å². The van der Waals surface area contributed by atoms with E-state index < -0.39 is 37.5 Å². The lowest BCUT2D eigenvalue weighted by Crippen LogP contribution is -2.51. The van der Waals surface area contributed by atoms with Crippen molar-refractivity contribution >= 4 is 81.0 Å². The highest BCUT2D eigenvalue weighted by atomic mass is 79.9. The number of amides is 1. The Bertz CT molecular complexity index is 1990. The second kappa shape index (κ2) is 14.2. The maximum Gasteiger partial charge on any atom is 0.289 e. The molecule has 5 rings (SSSR count). The van der Waals surface area contributed by atoms with Crippen LogP contribution in [0, 0.1) is 21.4 Å². The van der Waals surface area contributed by atoms with E-state index in [1.54, 1.807) is 24.3 Å². The van der Waals surface area contributed by atoms with Gasteiger partial charge < -0.3 is 4.74 Å². The largest absolute Gasteiger partial charge is 0.487 e. The van der Waals surface area contributed by atoms with Crippen molar-refractivity contribution in [3.63, 3.8) is 0 Å². The quantitative estimate of drug-likeness (QED) is 0.136. The van der Waals surface area contributed by atoms with Crippen LogP contribution in [0.15, 0.2) is 91.1 Å². The fraction of sp³-hybridized carbons (Fsp3) is 0.161. The van der Waals surface area contributed by atoms with Gasteiger partial charge in [-0.1, -0.05) is 51.8 Å².